The van der Waals surface area contributed by atoms with Crippen LogP contribution in [0.15, 0.2) is 29.4 Å². The van der Waals surface area contributed by atoms with Gasteiger partial charge in [-0.1, -0.05) is 60.8 Å². The van der Waals surface area contributed by atoms with Crippen LogP contribution in [0.2, 0.25) is 0 Å². The third-order valence-corrected chi connectivity index (χ3v) is 4.44. The van der Waals surface area contributed by atoms with E-state index in [2.05, 4.69) is 34.3 Å². The molecule has 0 spiro atoms. The highest BCUT2D eigenvalue weighted by atomic mass is 35.6. The van der Waals surface area contributed by atoms with Crippen LogP contribution in [0, 0.1) is 5.41 Å². The molecule has 1 N–H and O–H groups in total. The van der Waals surface area contributed by atoms with Gasteiger partial charge in [0.25, 0.3) is 0 Å². The SMILES string of the molecule is CC1(C)CC(=O)C/C(=N/Nc2nc(C(Cl)(Cl)Cl)nc3ccccc23)C1. The first kappa shape index (κ1) is 18.4. The van der Waals surface area contributed by atoms with Crippen LogP contribution in [0.5, 0.6) is 0 Å². The molecule has 5 nitrogen and oxygen atoms in total. The van der Waals surface area contributed by atoms with E-state index in [0.29, 0.717) is 24.2 Å². The van der Waals surface area contributed by atoms with Crippen molar-refractivity contribution in [3.05, 3.63) is 30.1 Å². The summed E-state index contributed by atoms with van der Waals surface area (Å²) in [6.45, 7) is 4.11. The van der Waals surface area contributed by atoms with Gasteiger partial charge in [-0.3, -0.25) is 10.2 Å². The molecular weight excluding hydrogens is 383 g/mol. The first-order chi connectivity index (χ1) is 11.6. The van der Waals surface area contributed by atoms with E-state index in [1.807, 2.05) is 24.3 Å². The van der Waals surface area contributed by atoms with Crippen LogP contribution >= 0.6 is 34.8 Å². The van der Waals surface area contributed by atoms with Gasteiger partial charge in [-0.05, 0) is 24.0 Å². The highest BCUT2D eigenvalue weighted by molar-refractivity contribution is 6.66. The topological polar surface area (TPSA) is 67.2 Å². The number of halogens is 3. The predicted octanol–water partition coefficient (Wildman–Crippen LogP) is 5.00. The minimum atomic E-state index is -1.74. The fourth-order valence-electron chi connectivity index (χ4n) is 3.00. The minimum absolute atomic E-state index is 0.0685. The first-order valence-electron chi connectivity index (χ1n) is 7.81. The van der Waals surface area contributed by atoms with Crippen molar-refractivity contribution in [1.82, 2.24) is 9.97 Å². The summed E-state index contributed by atoms with van der Waals surface area (Å²) in [7, 11) is 0. The molecule has 0 radical (unpaired) electrons. The zero-order valence-electron chi connectivity index (χ0n) is 13.8. The largest absolute Gasteiger partial charge is 0.299 e. The maximum Gasteiger partial charge on any atom is 0.250 e. The lowest BCUT2D eigenvalue weighted by molar-refractivity contribution is -0.120. The van der Waals surface area contributed by atoms with E-state index in [4.69, 9.17) is 34.8 Å². The summed E-state index contributed by atoms with van der Waals surface area (Å²) in [6, 6.07) is 7.38. The van der Waals surface area contributed by atoms with E-state index in [1.54, 1.807) is 0 Å². The Morgan fingerprint density at radius 2 is 1.88 bits per heavy atom. The van der Waals surface area contributed by atoms with Gasteiger partial charge in [0, 0.05) is 23.9 Å². The molecule has 0 aliphatic heterocycles. The Morgan fingerprint density at radius 3 is 2.56 bits per heavy atom. The summed E-state index contributed by atoms with van der Waals surface area (Å²) in [5, 5.41) is 5.15. The summed E-state index contributed by atoms with van der Waals surface area (Å²) in [5.74, 6) is 0.695. The van der Waals surface area contributed by atoms with Crippen molar-refractivity contribution in [2.24, 2.45) is 10.5 Å². The molecule has 1 aromatic heterocycles. The standard InChI is InChI=1S/C17H17Cl3N4O/c1-16(2)8-10(7-11(25)9-16)23-24-14-12-5-3-4-6-13(12)21-15(22-14)17(18,19)20/h3-6H,7-9H2,1-2H3,(H,21,22,24)/b23-10-. The van der Waals surface area contributed by atoms with E-state index in [9.17, 15) is 4.79 Å². The van der Waals surface area contributed by atoms with Crippen LogP contribution in [0.4, 0.5) is 5.82 Å². The molecule has 132 valence electrons. The van der Waals surface area contributed by atoms with Gasteiger partial charge in [0.1, 0.15) is 5.78 Å². The van der Waals surface area contributed by atoms with Crippen LogP contribution in [0.1, 0.15) is 38.9 Å². The highest BCUT2D eigenvalue weighted by Crippen LogP contribution is 2.37. The molecule has 0 atom stereocenters. The monoisotopic (exact) mass is 398 g/mol. The van der Waals surface area contributed by atoms with Gasteiger partial charge >= 0.3 is 0 Å². The number of aromatic nitrogens is 2. The minimum Gasteiger partial charge on any atom is -0.299 e. The number of rotatable bonds is 2. The molecule has 0 bridgehead atoms. The quantitative estimate of drug-likeness (QED) is 0.570. The Labute approximate surface area is 160 Å². The number of nitrogens with one attached hydrogen (secondary N) is 1. The Hall–Kier alpha value is -1.43. The zero-order chi connectivity index (χ0) is 18.2. The maximum atomic E-state index is 11.9. The Bertz CT molecular complexity index is 859. The van der Waals surface area contributed by atoms with Crippen LogP contribution in [0.25, 0.3) is 10.9 Å². The molecule has 3 rings (SSSR count). The lowest BCUT2D eigenvalue weighted by atomic mass is 9.76. The van der Waals surface area contributed by atoms with E-state index in [1.165, 1.54) is 0 Å². The molecule has 0 unspecified atom stereocenters. The molecule has 1 saturated carbocycles. The summed E-state index contributed by atoms with van der Waals surface area (Å²) in [4.78, 5) is 20.5. The van der Waals surface area contributed by atoms with E-state index < -0.39 is 3.79 Å². The van der Waals surface area contributed by atoms with Gasteiger partial charge < -0.3 is 0 Å². The number of Topliss-reactive ketones (excluding diaryl/α,β-unsaturated/α-hetero) is 1. The van der Waals surface area contributed by atoms with Crippen molar-refractivity contribution in [3.8, 4) is 0 Å². The third kappa shape index (κ3) is 4.40. The number of carbonyl (C=O) groups excluding carboxylic acids is 1. The van der Waals surface area contributed by atoms with Gasteiger partial charge in [-0.25, -0.2) is 9.97 Å². The first-order valence-corrected chi connectivity index (χ1v) is 8.95. The van der Waals surface area contributed by atoms with Gasteiger partial charge in [-0.15, -0.1) is 0 Å². The van der Waals surface area contributed by atoms with Crippen molar-refractivity contribution in [2.45, 2.75) is 36.9 Å². The van der Waals surface area contributed by atoms with Gasteiger partial charge in [0.05, 0.1) is 5.52 Å². The molecule has 0 saturated heterocycles. The van der Waals surface area contributed by atoms with Crippen molar-refractivity contribution in [2.75, 3.05) is 5.43 Å². The number of nitrogens with zero attached hydrogens (tertiary/aromatic N) is 3. The second-order valence-electron chi connectivity index (χ2n) is 6.93. The van der Waals surface area contributed by atoms with Gasteiger partial charge in [0.2, 0.25) is 3.79 Å². The van der Waals surface area contributed by atoms with Crippen molar-refractivity contribution in [1.29, 1.82) is 0 Å². The predicted molar refractivity (Wildman–Crippen MR) is 102 cm³/mol. The zero-order valence-corrected chi connectivity index (χ0v) is 16.1. The lowest BCUT2D eigenvalue weighted by Crippen LogP contribution is -2.29. The van der Waals surface area contributed by atoms with E-state index in [-0.39, 0.29) is 17.0 Å². The van der Waals surface area contributed by atoms with Crippen molar-refractivity contribution in [3.63, 3.8) is 0 Å². The fraction of sp³-hybridized carbons (Fsp3) is 0.412. The molecule has 1 aliphatic rings. The fourth-order valence-corrected chi connectivity index (χ4v) is 3.25. The van der Waals surface area contributed by atoms with Crippen molar-refractivity contribution < 1.29 is 4.79 Å². The smallest absolute Gasteiger partial charge is 0.250 e. The van der Waals surface area contributed by atoms with Crippen LogP contribution in [0.3, 0.4) is 0 Å². The molecule has 0 amide bonds. The van der Waals surface area contributed by atoms with E-state index >= 15 is 0 Å². The molecule has 1 aromatic carbocycles. The number of carbonyl (C=O) groups is 1. The third-order valence-electron chi connectivity index (χ3n) is 3.94. The molecule has 1 fully saturated rings. The van der Waals surface area contributed by atoms with Gasteiger partial charge in [0.15, 0.2) is 11.6 Å². The lowest BCUT2D eigenvalue weighted by Gasteiger charge is -2.29. The van der Waals surface area contributed by atoms with E-state index in [0.717, 1.165) is 17.5 Å². The molecule has 1 heterocycles. The number of benzene rings is 1. The Morgan fingerprint density at radius 1 is 1.16 bits per heavy atom. The normalized spacial score (nSPS) is 19.4. The van der Waals surface area contributed by atoms with Crippen LogP contribution in [-0.4, -0.2) is 21.5 Å². The Balaban J connectivity index is 1.98. The van der Waals surface area contributed by atoms with Crippen molar-refractivity contribution >= 4 is 63.0 Å². The second kappa shape index (κ2) is 6.71. The maximum absolute atomic E-state index is 11.9. The molecule has 8 heteroatoms. The summed E-state index contributed by atoms with van der Waals surface area (Å²) >= 11 is 17.8. The number of hydrogen-bond acceptors (Lipinski definition) is 5. The number of hydrazone groups is 1. The van der Waals surface area contributed by atoms with Gasteiger partial charge in [-0.2, -0.15) is 5.10 Å². The number of para-hydroxylation sites is 1. The number of fused-ring (bicyclic) bond motifs is 1. The average molecular weight is 400 g/mol. The summed E-state index contributed by atoms with van der Waals surface area (Å²) < 4.78 is -1.74. The molecule has 25 heavy (non-hydrogen) atoms. The van der Waals surface area contributed by atoms with Crippen LogP contribution < -0.4 is 5.43 Å². The molecule has 2 aromatic rings. The van der Waals surface area contributed by atoms with Crippen LogP contribution in [-0.2, 0) is 8.59 Å². The molecular formula is C17H17Cl3N4O. The second-order valence-corrected chi connectivity index (χ2v) is 9.22. The summed E-state index contributed by atoms with van der Waals surface area (Å²) in [5.41, 5.74) is 4.28. The number of anilines is 1. The Kier molecular flexibility index (Phi) is 4.93. The summed E-state index contributed by atoms with van der Waals surface area (Å²) in [6.07, 6.45) is 1.66. The highest BCUT2D eigenvalue weighted by Gasteiger charge is 2.31. The number of hydrogen-bond donors (Lipinski definition) is 1. The number of ketones is 1. The number of alkyl halides is 3. The molecule has 1 aliphatic carbocycles. The average Bonchev–Trinajstić information content (AvgIpc) is 2.49.